The van der Waals surface area contributed by atoms with Gasteiger partial charge >= 0.3 is 0 Å². The number of sulfonamides is 1. The zero-order chi connectivity index (χ0) is 15.5. The first-order chi connectivity index (χ1) is 9.16. The van der Waals surface area contributed by atoms with Gasteiger partial charge in [0, 0.05) is 18.7 Å². The second kappa shape index (κ2) is 6.29. The summed E-state index contributed by atoms with van der Waals surface area (Å²) in [6.07, 6.45) is 0.456. The van der Waals surface area contributed by atoms with E-state index in [1.165, 1.54) is 12.1 Å². The van der Waals surface area contributed by atoms with Crippen molar-refractivity contribution in [3.8, 4) is 0 Å². The molecule has 0 radical (unpaired) electrons. The molecule has 0 amide bonds. The van der Waals surface area contributed by atoms with Crippen LogP contribution in [-0.2, 0) is 10.0 Å². The third-order valence-electron chi connectivity index (χ3n) is 3.01. The van der Waals surface area contributed by atoms with E-state index in [2.05, 4.69) is 4.72 Å². The number of hydrogen-bond donors (Lipinski definition) is 2. The monoisotopic (exact) mass is 301 g/mol. The van der Waals surface area contributed by atoms with Gasteiger partial charge in [-0.05, 0) is 38.3 Å². The number of nitrogens with one attached hydrogen (secondary N) is 1. The van der Waals surface area contributed by atoms with Crippen molar-refractivity contribution < 1.29 is 13.3 Å². The average Bonchev–Trinajstić information content (AvgIpc) is 2.30. The van der Waals surface area contributed by atoms with Crippen LogP contribution >= 0.6 is 0 Å². The topological polar surface area (TPSA) is 115 Å². The van der Waals surface area contributed by atoms with Gasteiger partial charge in [0.15, 0.2) is 4.90 Å². The predicted octanol–water partition coefficient (Wildman–Crippen LogP) is 1.23. The van der Waals surface area contributed by atoms with Crippen LogP contribution in [0.25, 0.3) is 0 Å². The highest BCUT2D eigenvalue weighted by Crippen LogP contribution is 2.29. The minimum atomic E-state index is -3.93. The molecule has 0 heterocycles. The Bertz CT molecular complexity index is 611. The molecule has 8 heteroatoms. The Hall–Kier alpha value is -1.51. The highest BCUT2D eigenvalue weighted by Gasteiger charge is 2.28. The van der Waals surface area contributed by atoms with E-state index in [1.807, 2.05) is 0 Å². The second-order valence-electron chi connectivity index (χ2n) is 4.78. The molecular weight excluding hydrogens is 282 g/mol. The first-order valence-corrected chi connectivity index (χ1v) is 7.65. The molecule has 0 aliphatic rings. The maximum Gasteiger partial charge on any atom is 0.289 e. The van der Waals surface area contributed by atoms with Gasteiger partial charge < -0.3 is 5.73 Å². The van der Waals surface area contributed by atoms with Crippen molar-refractivity contribution >= 4 is 15.7 Å². The summed E-state index contributed by atoms with van der Waals surface area (Å²) in [5.41, 5.74) is 6.20. The Morgan fingerprint density at radius 2 is 2.00 bits per heavy atom. The van der Waals surface area contributed by atoms with Crippen LogP contribution in [0.15, 0.2) is 17.0 Å². The fourth-order valence-electron chi connectivity index (χ4n) is 1.75. The van der Waals surface area contributed by atoms with Crippen LogP contribution < -0.4 is 10.5 Å². The summed E-state index contributed by atoms with van der Waals surface area (Å²) in [7, 11) is -3.93. The maximum atomic E-state index is 12.3. The third kappa shape index (κ3) is 3.75. The molecule has 0 aliphatic carbocycles. The number of nitro groups is 1. The molecule has 3 N–H and O–H groups in total. The van der Waals surface area contributed by atoms with Gasteiger partial charge in [-0.15, -0.1) is 0 Å². The van der Waals surface area contributed by atoms with E-state index in [1.54, 1.807) is 20.8 Å². The van der Waals surface area contributed by atoms with Crippen molar-refractivity contribution in [2.75, 3.05) is 6.54 Å². The molecule has 7 nitrogen and oxygen atoms in total. The molecule has 1 rings (SSSR count). The Morgan fingerprint density at radius 3 is 2.50 bits per heavy atom. The van der Waals surface area contributed by atoms with Crippen molar-refractivity contribution in [3.05, 3.63) is 33.4 Å². The Morgan fingerprint density at radius 1 is 1.40 bits per heavy atom. The molecule has 0 fully saturated rings. The third-order valence-corrected chi connectivity index (χ3v) is 4.65. The summed E-state index contributed by atoms with van der Waals surface area (Å²) >= 11 is 0. The lowest BCUT2D eigenvalue weighted by Crippen LogP contribution is -2.30. The molecule has 1 aromatic rings. The largest absolute Gasteiger partial charge is 0.328 e. The summed E-state index contributed by atoms with van der Waals surface area (Å²) in [4.78, 5) is 10.0. The molecule has 0 bridgehead atoms. The quantitative estimate of drug-likeness (QED) is 0.605. The normalized spacial score (nSPS) is 13.2. The number of nitrogens with zero attached hydrogens (tertiary/aromatic N) is 1. The zero-order valence-electron chi connectivity index (χ0n) is 11.7. The first kappa shape index (κ1) is 16.5. The minimum Gasteiger partial charge on any atom is -0.328 e. The highest BCUT2D eigenvalue weighted by atomic mass is 32.2. The van der Waals surface area contributed by atoms with E-state index in [4.69, 9.17) is 5.73 Å². The van der Waals surface area contributed by atoms with Gasteiger partial charge in [0.1, 0.15) is 0 Å². The van der Waals surface area contributed by atoms with Gasteiger partial charge in [-0.1, -0.05) is 6.07 Å². The number of benzene rings is 1. The second-order valence-corrected chi connectivity index (χ2v) is 6.48. The van der Waals surface area contributed by atoms with Crippen molar-refractivity contribution in [1.82, 2.24) is 4.72 Å². The fourth-order valence-corrected chi connectivity index (χ4v) is 3.26. The zero-order valence-corrected chi connectivity index (χ0v) is 12.5. The predicted molar refractivity (Wildman–Crippen MR) is 76.0 cm³/mol. The van der Waals surface area contributed by atoms with Gasteiger partial charge in [-0.25, -0.2) is 13.1 Å². The number of rotatable bonds is 6. The lowest BCUT2D eigenvalue weighted by Gasteiger charge is -2.12. The van der Waals surface area contributed by atoms with Crippen LogP contribution in [0.1, 0.15) is 24.5 Å². The van der Waals surface area contributed by atoms with E-state index in [9.17, 15) is 18.5 Å². The van der Waals surface area contributed by atoms with Crippen molar-refractivity contribution in [2.24, 2.45) is 5.73 Å². The average molecular weight is 301 g/mol. The molecule has 0 saturated carbocycles. The lowest BCUT2D eigenvalue weighted by atomic mass is 10.1. The van der Waals surface area contributed by atoms with Gasteiger partial charge in [-0.3, -0.25) is 10.1 Å². The van der Waals surface area contributed by atoms with Crippen LogP contribution in [0, 0.1) is 24.0 Å². The van der Waals surface area contributed by atoms with E-state index in [0.29, 0.717) is 17.5 Å². The molecule has 1 unspecified atom stereocenters. The van der Waals surface area contributed by atoms with Crippen LogP contribution in [0.4, 0.5) is 5.69 Å². The van der Waals surface area contributed by atoms with Crippen LogP contribution in [0.5, 0.6) is 0 Å². The van der Waals surface area contributed by atoms with Crippen LogP contribution in [0.2, 0.25) is 0 Å². The molecular formula is C12H19N3O4S. The fraction of sp³-hybridized carbons (Fsp3) is 0.500. The number of hydrogen-bond acceptors (Lipinski definition) is 5. The number of aryl methyl sites for hydroxylation is 1. The van der Waals surface area contributed by atoms with E-state index in [-0.39, 0.29) is 17.5 Å². The Labute approximate surface area is 118 Å². The molecule has 0 aromatic heterocycles. The van der Waals surface area contributed by atoms with Gasteiger partial charge in [-0.2, -0.15) is 0 Å². The summed E-state index contributed by atoms with van der Waals surface area (Å²) < 4.78 is 26.9. The number of nitro benzene ring substituents is 1. The number of nitrogens with two attached hydrogens (primary N) is 1. The minimum absolute atomic E-state index is 0.143. The van der Waals surface area contributed by atoms with E-state index in [0.717, 1.165) is 0 Å². The van der Waals surface area contributed by atoms with Crippen molar-refractivity contribution in [1.29, 1.82) is 0 Å². The van der Waals surface area contributed by atoms with E-state index < -0.39 is 20.6 Å². The van der Waals surface area contributed by atoms with Crippen LogP contribution in [0.3, 0.4) is 0 Å². The SMILES string of the molecule is Cc1ccc([N+](=O)[O-])c(S(=O)(=O)NCCC(C)N)c1C. The summed E-state index contributed by atoms with van der Waals surface area (Å²) in [5, 5.41) is 11.0. The van der Waals surface area contributed by atoms with Gasteiger partial charge in [0.2, 0.25) is 10.0 Å². The molecule has 1 aromatic carbocycles. The standard InChI is InChI=1S/C12H19N3O4S/c1-8-4-5-11(15(16)17)12(10(8)3)20(18,19)14-7-6-9(2)13/h4-5,9,14H,6-7,13H2,1-3H3. The Kier molecular flexibility index (Phi) is 5.21. The summed E-state index contributed by atoms with van der Waals surface area (Å²) in [6, 6.07) is 2.60. The smallest absolute Gasteiger partial charge is 0.289 e. The Balaban J connectivity index is 3.23. The van der Waals surface area contributed by atoms with Crippen LogP contribution in [-0.4, -0.2) is 25.9 Å². The van der Waals surface area contributed by atoms with E-state index >= 15 is 0 Å². The molecule has 0 saturated heterocycles. The summed E-state index contributed by atoms with van der Waals surface area (Å²) in [6.45, 7) is 5.17. The molecule has 0 aliphatic heterocycles. The maximum absolute atomic E-state index is 12.3. The van der Waals surface area contributed by atoms with Gasteiger partial charge in [0.25, 0.3) is 5.69 Å². The highest BCUT2D eigenvalue weighted by molar-refractivity contribution is 7.89. The lowest BCUT2D eigenvalue weighted by molar-refractivity contribution is -0.387. The molecule has 20 heavy (non-hydrogen) atoms. The molecule has 0 spiro atoms. The first-order valence-electron chi connectivity index (χ1n) is 6.16. The summed E-state index contributed by atoms with van der Waals surface area (Å²) in [5.74, 6) is 0. The van der Waals surface area contributed by atoms with Crippen molar-refractivity contribution in [2.45, 2.75) is 38.1 Å². The van der Waals surface area contributed by atoms with Gasteiger partial charge in [0.05, 0.1) is 4.92 Å². The molecule has 112 valence electrons. The van der Waals surface area contributed by atoms with Crippen molar-refractivity contribution in [3.63, 3.8) is 0 Å². The molecule has 1 atom stereocenters.